The summed E-state index contributed by atoms with van der Waals surface area (Å²) >= 11 is 1.58. The number of hydrogen-bond donors (Lipinski definition) is 1. The first-order valence-corrected chi connectivity index (χ1v) is 9.27. The van der Waals surface area contributed by atoms with Gasteiger partial charge < -0.3 is 24.4 Å². The molecule has 8 nitrogen and oxygen atoms in total. The van der Waals surface area contributed by atoms with Crippen LogP contribution in [0, 0.1) is 0 Å². The van der Waals surface area contributed by atoms with Crippen molar-refractivity contribution in [2.24, 2.45) is 0 Å². The highest BCUT2D eigenvalue weighted by Gasteiger charge is 2.53. The van der Waals surface area contributed by atoms with Crippen LogP contribution >= 0.6 is 11.8 Å². The Labute approximate surface area is 154 Å². The van der Waals surface area contributed by atoms with Gasteiger partial charge in [-0.05, 0) is 25.5 Å². The fraction of sp³-hybridized carbons (Fsp3) is 0.471. The zero-order chi connectivity index (χ0) is 18.3. The van der Waals surface area contributed by atoms with E-state index in [1.165, 1.54) is 0 Å². The molecular weight excluding hydrogens is 360 g/mol. The third-order valence-electron chi connectivity index (χ3n) is 4.72. The number of ether oxygens (including phenoxy) is 3. The van der Waals surface area contributed by atoms with Gasteiger partial charge in [0, 0.05) is 23.9 Å². The van der Waals surface area contributed by atoms with Crippen molar-refractivity contribution in [3.05, 3.63) is 18.2 Å². The van der Waals surface area contributed by atoms with E-state index >= 15 is 0 Å². The van der Waals surface area contributed by atoms with Crippen molar-refractivity contribution in [2.45, 2.75) is 30.7 Å². The van der Waals surface area contributed by atoms with E-state index in [4.69, 9.17) is 14.2 Å². The second-order valence-corrected chi connectivity index (χ2v) is 7.99. The van der Waals surface area contributed by atoms with Crippen molar-refractivity contribution >= 4 is 35.2 Å². The maximum Gasteiger partial charge on any atom is 0.330 e. The first-order valence-electron chi connectivity index (χ1n) is 8.28. The fourth-order valence-electron chi connectivity index (χ4n) is 3.40. The van der Waals surface area contributed by atoms with Gasteiger partial charge >= 0.3 is 5.97 Å². The second-order valence-electron chi connectivity index (χ2n) is 6.49. The molecule has 138 valence electrons. The van der Waals surface area contributed by atoms with Crippen molar-refractivity contribution < 1.29 is 28.6 Å². The number of hydrogen-bond acceptors (Lipinski definition) is 7. The summed E-state index contributed by atoms with van der Waals surface area (Å²) in [5.74, 6) is 0.617. The molecule has 1 aromatic rings. The summed E-state index contributed by atoms with van der Waals surface area (Å²) in [7, 11) is 0. The number of carbonyl (C=O) groups is 3. The molecule has 0 unspecified atom stereocenters. The summed E-state index contributed by atoms with van der Waals surface area (Å²) in [5, 5.41) is 2.64. The Bertz CT molecular complexity index is 785. The van der Waals surface area contributed by atoms with Crippen LogP contribution in [0.2, 0.25) is 0 Å². The molecule has 9 heteroatoms. The van der Waals surface area contributed by atoms with E-state index in [0.29, 0.717) is 29.4 Å². The van der Waals surface area contributed by atoms with Crippen LogP contribution < -0.4 is 14.8 Å². The minimum Gasteiger partial charge on any atom is -0.454 e. The molecule has 3 aliphatic heterocycles. The van der Waals surface area contributed by atoms with Gasteiger partial charge in [-0.25, -0.2) is 4.79 Å². The van der Waals surface area contributed by atoms with Gasteiger partial charge in [0.05, 0.1) is 4.87 Å². The molecule has 0 aromatic heterocycles. The van der Waals surface area contributed by atoms with Gasteiger partial charge in [-0.2, -0.15) is 0 Å². The number of anilines is 1. The van der Waals surface area contributed by atoms with E-state index in [1.54, 1.807) is 34.9 Å². The SMILES string of the molecule is C[C@@]12CCC(=O)N1[C@H](C(=O)OCC(=O)Nc1ccc3c(c1)OCO3)CS2. The lowest BCUT2D eigenvalue weighted by Gasteiger charge is -2.29. The lowest BCUT2D eigenvalue weighted by molar-refractivity contribution is -0.155. The van der Waals surface area contributed by atoms with Crippen LogP contribution in [-0.4, -0.2) is 52.7 Å². The van der Waals surface area contributed by atoms with Crippen molar-refractivity contribution in [1.82, 2.24) is 4.90 Å². The first kappa shape index (κ1) is 17.0. The van der Waals surface area contributed by atoms with Gasteiger partial charge in [-0.15, -0.1) is 11.8 Å². The van der Waals surface area contributed by atoms with E-state index in [-0.39, 0.29) is 17.6 Å². The summed E-state index contributed by atoms with van der Waals surface area (Å²) in [6.45, 7) is 1.70. The molecule has 2 fully saturated rings. The first-order chi connectivity index (χ1) is 12.5. The zero-order valence-corrected chi connectivity index (χ0v) is 15.0. The average molecular weight is 378 g/mol. The predicted molar refractivity (Wildman–Crippen MR) is 92.9 cm³/mol. The second kappa shape index (κ2) is 6.39. The summed E-state index contributed by atoms with van der Waals surface area (Å²) in [4.78, 5) is 37.7. The number of amides is 2. The Balaban J connectivity index is 1.32. The number of esters is 1. The number of carbonyl (C=O) groups excluding carboxylic acids is 3. The number of fused-ring (bicyclic) bond motifs is 2. The maximum absolute atomic E-state index is 12.3. The van der Waals surface area contributed by atoms with Gasteiger partial charge in [0.15, 0.2) is 18.1 Å². The monoisotopic (exact) mass is 378 g/mol. The summed E-state index contributed by atoms with van der Waals surface area (Å²) in [6.07, 6.45) is 1.17. The maximum atomic E-state index is 12.3. The number of thioether (sulfide) groups is 1. The number of benzene rings is 1. The standard InChI is InChI=1S/C17H18N2O6S/c1-17-5-4-15(21)19(17)11(8-26-17)16(22)23-7-14(20)18-10-2-3-12-13(6-10)25-9-24-12/h2-3,6,11H,4-5,7-9H2,1H3,(H,18,20)/t11-,17+/m0/s1. The lowest BCUT2D eigenvalue weighted by atomic mass is 10.2. The largest absolute Gasteiger partial charge is 0.454 e. The number of rotatable bonds is 4. The van der Waals surface area contributed by atoms with Gasteiger partial charge in [-0.1, -0.05) is 0 Å². The highest BCUT2D eigenvalue weighted by atomic mass is 32.2. The number of nitrogens with zero attached hydrogens (tertiary/aromatic N) is 1. The van der Waals surface area contributed by atoms with Crippen LogP contribution in [0.1, 0.15) is 19.8 Å². The van der Waals surface area contributed by atoms with E-state index in [1.807, 2.05) is 6.92 Å². The van der Waals surface area contributed by atoms with Crippen LogP contribution in [0.3, 0.4) is 0 Å². The Hall–Kier alpha value is -2.42. The zero-order valence-electron chi connectivity index (χ0n) is 14.1. The van der Waals surface area contributed by atoms with Crippen LogP contribution in [0.25, 0.3) is 0 Å². The molecule has 2 saturated heterocycles. The molecule has 4 rings (SSSR count). The molecule has 26 heavy (non-hydrogen) atoms. The average Bonchev–Trinajstić information content (AvgIpc) is 3.28. The molecule has 1 N–H and O–H groups in total. The highest BCUT2D eigenvalue weighted by Crippen LogP contribution is 2.47. The van der Waals surface area contributed by atoms with E-state index in [0.717, 1.165) is 6.42 Å². The molecule has 0 radical (unpaired) electrons. The minimum atomic E-state index is -0.627. The molecule has 1 aromatic carbocycles. The van der Waals surface area contributed by atoms with Gasteiger partial charge in [-0.3, -0.25) is 9.59 Å². The van der Waals surface area contributed by atoms with Crippen molar-refractivity contribution in [3.63, 3.8) is 0 Å². The summed E-state index contributed by atoms with van der Waals surface area (Å²) in [5.41, 5.74) is 0.522. The number of nitrogens with one attached hydrogen (secondary N) is 1. The Morgan fingerprint density at radius 3 is 3.04 bits per heavy atom. The lowest BCUT2D eigenvalue weighted by Crippen LogP contribution is -2.47. The molecule has 0 aliphatic carbocycles. The summed E-state index contributed by atoms with van der Waals surface area (Å²) < 4.78 is 15.6. The normalized spacial score (nSPS) is 26.0. The molecule has 3 aliphatic rings. The molecular formula is C17H18N2O6S. The smallest absolute Gasteiger partial charge is 0.330 e. The third kappa shape index (κ3) is 2.96. The topological polar surface area (TPSA) is 94.2 Å². The van der Waals surface area contributed by atoms with E-state index in [9.17, 15) is 14.4 Å². The van der Waals surface area contributed by atoms with Crippen LogP contribution in [0.5, 0.6) is 11.5 Å². The molecule has 3 heterocycles. The van der Waals surface area contributed by atoms with Crippen molar-refractivity contribution in [2.75, 3.05) is 24.5 Å². The Morgan fingerprint density at radius 1 is 1.38 bits per heavy atom. The van der Waals surface area contributed by atoms with Crippen molar-refractivity contribution in [1.29, 1.82) is 0 Å². The minimum absolute atomic E-state index is 0.0377. The fourth-order valence-corrected chi connectivity index (χ4v) is 4.82. The molecule has 2 atom stereocenters. The van der Waals surface area contributed by atoms with Gasteiger partial charge in [0.1, 0.15) is 6.04 Å². The van der Waals surface area contributed by atoms with Crippen molar-refractivity contribution in [3.8, 4) is 11.5 Å². The molecule has 2 amide bonds. The molecule has 0 spiro atoms. The quantitative estimate of drug-likeness (QED) is 0.791. The van der Waals surface area contributed by atoms with Crippen LogP contribution in [0.4, 0.5) is 5.69 Å². The predicted octanol–water partition coefficient (Wildman–Crippen LogP) is 1.35. The summed E-state index contributed by atoms with van der Waals surface area (Å²) in [6, 6.07) is 4.39. The Kier molecular flexibility index (Phi) is 4.18. The van der Waals surface area contributed by atoms with Gasteiger partial charge in [0.25, 0.3) is 5.91 Å². The Morgan fingerprint density at radius 2 is 2.19 bits per heavy atom. The third-order valence-corrected chi connectivity index (χ3v) is 6.22. The van der Waals surface area contributed by atoms with Crippen LogP contribution in [-0.2, 0) is 19.1 Å². The van der Waals surface area contributed by atoms with E-state index < -0.39 is 24.5 Å². The highest BCUT2D eigenvalue weighted by molar-refractivity contribution is 8.01. The van der Waals surface area contributed by atoms with Gasteiger partial charge in [0.2, 0.25) is 12.7 Å². The van der Waals surface area contributed by atoms with E-state index in [2.05, 4.69) is 5.32 Å². The molecule has 0 saturated carbocycles. The van der Waals surface area contributed by atoms with Crippen LogP contribution in [0.15, 0.2) is 18.2 Å². The molecule has 0 bridgehead atoms.